The predicted octanol–water partition coefficient (Wildman–Crippen LogP) is 0.700. The van der Waals surface area contributed by atoms with Crippen LogP contribution in [-0.4, -0.2) is 22.2 Å². The van der Waals surface area contributed by atoms with Crippen LogP contribution >= 0.6 is 0 Å². The number of aliphatic hydroxyl groups excluding tert-OH is 1. The Morgan fingerprint density at radius 1 is 1.29 bits per heavy atom. The SMILES string of the molecule is CC1(O)NC(O)C=C1c1ccccc1. The van der Waals surface area contributed by atoms with E-state index in [9.17, 15) is 10.2 Å². The van der Waals surface area contributed by atoms with E-state index in [1.807, 2.05) is 30.3 Å². The molecule has 0 aliphatic carbocycles. The molecule has 1 aromatic carbocycles. The van der Waals surface area contributed by atoms with Crippen LogP contribution in [0, 0.1) is 0 Å². The first kappa shape index (κ1) is 9.40. The lowest BCUT2D eigenvalue weighted by molar-refractivity contribution is 0.0438. The van der Waals surface area contributed by atoms with Crippen molar-refractivity contribution in [3.8, 4) is 0 Å². The minimum Gasteiger partial charge on any atom is -0.375 e. The average molecular weight is 191 g/mol. The van der Waals surface area contributed by atoms with Crippen LogP contribution in [0.5, 0.6) is 0 Å². The summed E-state index contributed by atoms with van der Waals surface area (Å²) in [4.78, 5) is 0. The van der Waals surface area contributed by atoms with E-state index >= 15 is 0 Å². The normalized spacial score (nSPS) is 31.6. The summed E-state index contributed by atoms with van der Waals surface area (Å²) < 4.78 is 0. The van der Waals surface area contributed by atoms with Gasteiger partial charge in [-0.3, -0.25) is 5.32 Å². The predicted molar refractivity (Wildman–Crippen MR) is 54.2 cm³/mol. The van der Waals surface area contributed by atoms with Crippen LogP contribution in [0.25, 0.3) is 5.57 Å². The molecule has 3 heteroatoms. The van der Waals surface area contributed by atoms with Gasteiger partial charge in [-0.25, -0.2) is 0 Å². The molecule has 0 bridgehead atoms. The number of aliphatic hydroxyl groups is 2. The monoisotopic (exact) mass is 191 g/mol. The van der Waals surface area contributed by atoms with Crippen molar-refractivity contribution in [2.75, 3.05) is 0 Å². The maximum absolute atomic E-state index is 9.94. The summed E-state index contributed by atoms with van der Waals surface area (Å²) in [6.45, 7) is 1.63. The van der Waals surface area contributed by atoms with Crippen molar-refractivity contribution in [2.24, 2.45) is 0 Å². The zero-order valence-electron chi connectivity index (χ0n) is 7.94. The summed E-state index contributed by atoms with van der Waals surface area (Å²) in [7, 11) is 0. The molecule has 0 fully saturated rings. The second-order valence-electron chi connectivity index (χ2n) is 3.61. The molecule has 74 valence electrons. The molecule has 0 radical (unpaired) electrons. The van der Waals surface area contributed by atoms with Crippen LogP contribution in [0.15, 0.2) is 36.4 Å². The molecule has 1 aliphatic heterocycles. The molecule has 3 nitrogen and oxygen atoms in total. The van der Waals surface area contributed by atoms with Crippen molar-refractivity contribution in [1.82, 2.24) is 5.32 Å². The third-order valence-electron chi connectivity index (χ3n) is 2.36. The minimum absolute atomic E-state index is 0.714. The molecule has 0 saturated carbocycles. The summed E-state index contributed by atoms with van der Waals surface area (Å²) in [6.07, 6.45) is 0.843. The number of nitrogens with one attached hydrogen (secondary N) is 1. The first-order valence-electron chi connectivity index (χ1n) is 4.55. The van der Waals surface area contributed by atoms with Crippen LogP contribution in [0.3, 0.4) is 0 Å². The Bertz CT molecular complexity index is 357. The first-order chi connectivity index (χ1) is 6.59. The lowest BCUT2D eigenvalue weighted by Crippen LogP contribution is -2.42. The molecule has 2 atom stereocenters. The summed E-state index contributed by atoms with van der Waals surface area (Å²) >= 11 is 0. The molecular formula is C11H13NO2. The number of benzene rings is 1. The molecule has 14 heavy (non-hydrogen) atoms. The fourth-order valence-corrected chi connectivity index (χ4v) is 1.72. The highest BCUT2D eigenvalue weighted by molar-refractivity contribution is 5.73. The highest BCUT2D eigenvalue weighted by Gasteiger charge is 2.34. The molecule has 2 unspecified atom stereocenters. The van der Waals surface area contributed by atoms with Gasteiger partial charge < -0.3 is 10.2 Å². The molecule has 0 spiro atoms. The molecule has 0 saturated heterocycles. The second kappa shape index (κ2) is 3.20. The van der Waals surface area contributed by atoms with E-state index in [2.05, 4.69) is 5.32 Å². The van der Waals surface area contributed by atoms with Gasteiger partial charge in [0.15, 0.2) is 0 Å². The van der Waals surface area contributed by atoms with Crippen LogP contribution in [0.2, 0.25) is 0 Å². The topological polar surface area (TPSA) is 52.5 Å². The molecule has 0 amide bonds. The maximum Gasteiger partial charge on any atom is 0.141 e. The van der Waals surface area contributed by atoms with Gasteiger partial charge in [-0.05, 0) is 18.6 Å². The second-order valence-corrected chi connectivity index (χ2v) is 3.61. The van der Waals surface area contributed by atoms with E-state index in [-0.39, 0.29) is 0 Å². The standard InChI is InChI=1S/C11H13NO2/c1-11(14)9(7-10(13)12-11)8-5-3-2-4-6-8/h2-7,10,12-14H,1H3. The van der Waals surface area contributed by atoms with E-state index in [1.54, 1.807) is 13.0 Å². The molecule has 1 aromatic rings. The third kappa shape index (κ3) is 1.57. The van der Waals surface area contributed by atoms with E-state index in [1.165, 1.54) is 0 Å². The highest BCUT2D eigenvalue weighted by atomic mass is 16.3. The molecule has 0 aromatic heterocycles. The van der Waals surface area contributed by atoms with Gasteiger partial charge in [0, 0.05) is 5.57 Å². The number of rotatable bonds is 1. The van der Waals surface area contributed by atoms with Gasteiger partial charge in [-0.2, -0.15) is 0 Å². The molecule has 2 rings (SSSR count). The van der Waals surface area contributed by atoms with Crippen LogP contribution in [-0.2, 0) is 0 Å². The van der Waals surface area contributed by atoms with Crippen LogP contribution in [0.1, 0.15) is 12.5 Å². The van der Waals surface area contributed by atoms with Gasteiger partial charge >= 0.3 is 0 Å². The molecule has 1 aliphatic rings. The van der Waals surface area contributed by atoms with Crippen molar-refractivity contribution >= 4 is 5.57 Å². The number of hydrogen-bond donors (Lipinski definition) is 3. The fraction of sp³-hybridized carbons (Fsp3) is 0.273. The quantitative estimate of drug-likeness (QED) is 0.612. The summed E-state index contributed by atoms with van der Waals surface area (Å²) in [5.41, 5.74) is 0.480. The zero-order chi connectivity index (χ0) is 10.2. The first-order valence-corrected chi connectivity index (χ1v) is 4.55. The van der Waals surface area contributed by atoms with Crippen molar-refractivity contribution in [3.63, 3.8) is 0 Å². The van der Waals surface area contributed by atoms with Crippen LogP contribution in [0.4, 0.5) is 0 Å². The summed E-state index contributed by atoms with van der Waals surface area (Å²) in [5.74, 6) is 0. The Kier molecular flexibility index (Phi) is 2.15. The van der Waals surface area contributed by atoms with E-state index in [4.69, 9.17) is 0 Å². The Morgan fingerprint density at radius 2 is 1.93 bits per heavy atom. The van der Waals surface area contributed by atoms with Crippen LogP contribution < -0.4 is 5.32 Å². The van der Waals surface area contributed by atoms with E-state index < -0.39 is 12.0 Å². The Morgan fingerprint density at radius 3 is 2.43 bits per heavy atom. The van der Waals surface area contributed by atoms with Gasteiger partial charge in [-0.1, -0.05) is 30.3 Å². The maximum atomic E-state index is 9.94. The Hall–Kier alpha value is -1.16. The molecule has 1 heterocycles. The molecular weight excluding hydrogens is 178 g/mol. The van der Waals surface area contributed by atoms with Crippen molar-refractivity contribution < 1.29 is 10.2 Å². The average Bonchev–Trinajstić information content (AvgIpc) is 2.41. The van der Waals surface area contributed by atoms with Gasteiger partial charge in [0.2, 0.25) is 0 Å². The van der Waals surface area contributed by atoms with Gasteiger partial charge in [0.1, 0.15) is 12.0 Å². The smallest absolute Gasteiger partial charge is 0.141 e. The van der Waals surface area contributed by atoms with Gasteiger partial charge in [0.05, 0.1) is 0 Å². The number of hydrogen-bond acceptors (Lipinski definition) is 3. The van der Waals surface area contributed by atoms with E-state index in [0.717, 1.165) is 5.56 Å². The van der Waals surface area contributed by atoms with Crippen molar-refractivity contribution in [2.45, 2.75) is 18.9 Å². The third-order valence-corrected chi connectivity index (χ3v) is 2.36. The Labute approximate surface area is 82.7 Å². The Balaban J connectivity index is 2.40. The van der Waals surface area contributed by atoms with Crippen molar-refractivity contribution in [3.05, 3.63) is 42.0 Å². The zero-order valence-corrected chi connectivity index (χ0v) is 7.94. The van der Waals surface area contributed by atoms with Crippen molar-refractivity contribution in [1.29, 1.82) is 0 Å². The largest absolute Gasteiger partial charge is 0.375 e. The summed E-state index contributed by atoms with van der Waals surface area (Å²) in [6, 6.07) is 9.52. The molecule has 3 N–H and O–H groups in total. The highest BCUT2D eigenvalue weighted by Crippen LogP contribution is 2.29. The lowest BCUT2D eigenvalue weighted by Gasteiger charge is -2.22. The van der Waals surface area contributed by atoms with Gasteiger partial charge in [-0.15, -0.1) is 0 Å². The lowest BCUT2D eigenvalue weighted by atomic mass is 9.99. The minimum atomic E-state index is -1.15. The summed E-state index contributed by atoms with van der Waals surface area (Å²) in [5, 5.41) is 21.9. The van der Waals surface area contributed by atoms with E-state index in [0.29, 0.717) is 5.57 Å². The fourth-order valence-electron chi connectivity index (χ4n) is 1.72. The van der Waals surface area contributed by atoms with Gasteiger partial charge in [0.25, 0.3) is 0 Å².